The Bertz CT molecular complexity index is 612. The summed E-state index contributed by atoms with van der Waals surface area (Å²) in [7, 11) is 3.34. The fourth-order valence-corrected chi connectivity index (χ4v) is 3.98. The molecule has 0 saturated carbocycles. The highest BCUT2D eigenvalue weighted by molar-refractivity contribution is 9.10. The molecule has 1 heterocycles. The summed E-state index contributed by atoms with van der Waals surface area (Å²) >= 11 is 5.38. The first-order valence-electron chi connectivity index (χ1n) is 6.82. The molecule has 21 heavy (non-hydrogen) atoms. The van der Waals surface area contributed by atoms with Crippen molar-refractivity contribution in [1.82, 2.24) is 5.32 Å². The van der Waals surface area contributed by atoms with Crippen molar-refractivity contribution < 1.29 is 9.47 Å². The Balaban J connectivity index is 2.52. The van der Waals surface area contributed by atoms with E-state index < -0.39 is 0 Å². The Hall–Kier alpha value is -1.04. The van der Waals surface area contributed by atoms with Gasteiger partial charge in [-0.2, -0.15) is 0 Å². The number of aryl methyl sites for hydroxylation is 1. The number of ether oxygens (including phenoxy) is 2. The van der Waals surface area contributed by atoms with Crippen LogP contribution < -0.4 is 14.8 Å². The average molecular weight is 370 g/mol. The predicted octanol–water partition coefficient (Wildman–Crippen LogP) is 4.54. The summed E-state index contributed by atoms with van der Waals surface area (Å²) in [5.74, 6) is 1.58. The van der Waals surface area contributed by atoms with E-state index in [4.69, 9.17) is 9.47 Å². The highest BCUT2D eigenvalue weighted by Gasteiger charge is 2.22. The number of halogens is 1. The summed E-state index contributed by atoms with van der Waals surface area (Å²) in [6.07, 6.45) is 0. The summed E-state index contributed by atoms with van der Waals surface area (Å²) in [5.41, 5.74) is 1.11. The van der Waals surface area contributed by atoms with Gasteiger partial charge in [0.15, 0.2) is 0 Å². The molecule has 0 radical (unpaired) electrons. The van der Waals surface area contributed by atoms with Crippen LogP contribution in [0.25, 0.3) is 0 Å². The van der Waals surface area contributed by atoms with Gasteiger partial charge in [0.05, 0.1) is 20.3 Å². The van der Waals surface area contributed by atoms with Crippen LogP contribution in [-0.4, -0.2) is 20.8 Å². The molecule has 1 aromatic heterocycles. The summed E-state index contributed by atoms with van der Waals surface area (Å²) in [4.78, 5) is 2.59. The van der Waals surface area contributed by atoms with E-state index in [2.05, 4.69) is 53.3 Å². The quantitative estimate of drug-likeness (QED) is 0.810. The summed E-state index contributed by atoms with van der Waals surface area (Å²) in [5, 5.41) is 3.54. The van der Waals surface area contributed by atoms with E-state index in [0.29, 0.717) is 0 Å². The van der Waals surface area contributed by atoms with Crippen LogP contribution in [0.3, 0.4) is 0 Å². The minimum Gasteiger partial charge on any atom is -0.495 e. The molecule has 0 aliphatic heterocycles. The molecular weight excluding hydrogens is 350 g/mol. The van der Waals surface area contributed by atoms with Crippen molar-refractivity contribution in [3.63, 3.8) is 0 Å². The number of benzene rings is 1. The Labute approximate surface area is 138 Å². The molecular formula is C16H20BrNO2S. The van der Waals surface area contributed by atoms with Gasteiger partial charge in [0, 0.05) is 15.3 Å². The SMILES string of the molecule is CCNC(c1ccc(C)s1)c1ccc(OC)c(Br)c1OC. The van der Waals surface area contributed by atoms with Crippen LogP contribution in [0.1, 0.15) is 28.3 Å². The normalized spacial score (nSPS) is 12.2. The van der Waals surface area contributed by atoms with Gasteiger partial charge in [-0.05, 0) is 53.7 Å². The lowest BCUT2D eigenvalue weighted by Gasteiger charge is -2.21. The van der Waals surface area contributed by atoms with Gasteiger partial charge in [0.1, 0.15) is 16.0 Å². The monoisotopic (exact) mass is 369 g/mol. The van der Waals surface area contributed by atoms with Crippen molar-refractivity contribution in [2.45, 2.75) is 19.9 Å². The van der Waals surface area contributed by atoms with Crippen LogP contribution in [0.4, 0.5) is 0 Å². The van der Waals surface area contributed by atoms with Gasteiger partial charge in [-0.25, -0.2) is 0 Å². The summed E-state index contributed by atoms with van der Waals surface area (Å²) in [6, 6.07) is 8.46. The fourth-order valence-electron chi connectivity index (χ4n) is 2.32. The minimum atomic E-state index is 0.117. The minimum absolute atomic E-state index is 0.117. The van der Waals surface area contributed by atoms with Crippen molar-refractivity contribution in [2.24, 2.45) is 0 Å². The fraction of sp³-hybridized carbons (Fsp3) is 0.375. The Kier molecular flexibility index (Phi) is 5.67. The third-order valence-electron chi connectivity index (χ3n) is 3.28. The molecule has 1 aromatic carbocycles. The molecule has 0 spiro atoms. The largest absolute Gasteiger partial charge is 0.495 e. The number of rotatable bonds is 6. The van der Waals surface area contributed by atoms with E-state index in [1.807, 2.05) is 6.07 Å². The molecule has 3 nitrogen and oxygen atoms in total. The van der Waals surface area contributed by atoms with Crippen molar-refractivity contribution in [3.8, 4) is 11.5 Å². The second kappa shape index (κ2) is 7.29. The first-order chi connectivity index (χ1) is 10.1. The van der Waals surface area contributed by atoms with Gasteiger partial charge < -0.3 is 14.8 Å². The Morgan fingerprint density at radius 1 is 1.19 bits per heavy atom. The van der Waals surface area contributed by atoms with E-state index in [1.54, 1.807) is 25.6 Å². The summed E-state index contributed by atoms with van der Waals surface area (Å²) in [6.45, 7) is 5.12. The van der Waals surface area contributed by atoms with Crippen LogP contribution in [0.2, 0.25) is 0 Å². The van der Waals surface area contributed by atoms with Crippen molar-refractivity contribution in [2.75, 3.05) is 20.8 Å². The number of thiophene rings is 1. The van der Waals surface area contributed by atoms with E-state index in [0.717, 1.165) is 28.1 Å². The maximum absolute atomic E-state index is 5.61. The molecule has 114 valence electrons. The lowest BCUT2D eigenvalue weighted by Crippen LogP contribution is -2.21. The number of methoxy groups -OCH3 is 2. The maximum Gasteiger partial charge on any atom is 0.141 e. The first-order valence-corrected chi connectivity index (χ1v) is 8.43. The lowest BCUT2D eigenvalue weighted by atomic mass is 10.0. The molecule has 0 aliphatic carbocycles. The third-order valence-corrected chi connectivity index (χ3v) is 5.10. The molecule has 0 fully saturated rings. The molecule has 2 aromatic rings. The molecule has 5 heteroatoms. The van der Waals surface area contributed by atoms with Gasteiger partial charge in [-0.3, -0.25) is 0 Å². The van der Waals surface area contributed by atoms with Crippen molar-refractivity contribution in [3.05, 3.63) is 44.1 Å². The van der Waals surface area contributed by atoms with Gasteiger partial charge >= 0.3 is 0 Å². The zero-order chi connectivity index (χ0) is 15.4. The maximum atomic E-state index is 5.61. The van der Waals surface area contributed by atoms with E-state index >= 15 is 0 Å². The van der Waals surface area contributed by atoms with Crippen LogP contribution in [0.15, 0.2) is 28.7 Å². The first kappa shape index (κ1) is 16.3. The van der Waals surface area contributed by atoms with Gasteiger partial charge in [0.25, 0.3) is 0 Å². The molecule has 1 atom stereocenters. The molecule has 2 rings (SSSR count). The van der Waals surface area contributed by atoms with Gasteiger partial charge in [-0.1, -0.05) is 6.92 Å². The zero-order valence-corrected chi connectivity index (χ0v) is 15.1. The van der Waals surface area contributed by atoms with Gasteiger partial charge in [0.2, 0.25) is 0 Å². The molecule has 0 bridgehead atoms. The molecule has 0 amide bonds. The number of hydrogen-bond acceptors (Lipinski definition) is 4. The number of hydrogen-bond donors (Lipinski definition) is 1. The van der Waals surface area contributed by atoms with Crippen LogP contribution in [0.5, 0.6) is 11.5 Å². The van der Waals surface area contributed by atoms with E-state index in [9.17, 15) is 0 Å². The molecule has 1 N–H and O–H groups in total. The average Bonchev–Trinajstić information content (AvgIpc) is 2.91. The highest BCUT2D eigenvalue weighted by Crippen LogP contribution is 2.42. The number of nitrogens with one attached hydrogen (secondary N) is 1. The Morgan fingerprint density at radius 2 is 1.95 bits per heavy atom. The smallest absolute Gasteiger partial charge is 0.141 e. The van der Waals surface area contributed by atoms with Crippen molar-refractivity contribution >= 4 is 27.3 Å². The van der Waals surface area contributed by atoms with Crippen molar-refractivity contribution in [1.29, 1.82) is 0 Å². The molecule has 0 saturated heterocycles. The standard InChI is InChI=1S/C16H20BrNO2S/c1-5-18-15(13-9-6-10(2)21-13)11-7-8-12(19-3)14(17)16(11)20-4/h6-9,15,18H,5H2,1-4H3. The van der Waals surface area contributed by atoms with E-state index in [-0.39, 0.29) is 6.04 Å². The lowest BCUT2D eigenvalue weighted by molar-refractivity contribution is 0.383. The molecule has 0 aliphatic rings. The Morgan fingerprint density at radius 3 is 2.48 bits per heavy atom. The van der Waals surface area contributed by atoms with Crippen LogP contribution in [0, 0.1) is 6.92 Å². The molecule has 1 unspecified atom stereocenters. The third kappa shape index (κ3) is 3.42. The van der Waals surface area contributed by atoms with Crippen LogP contribution >= 0.6 is 27.3 Å². The second-order valence-corrected chi connectivity index (χ2v) is 6.76. The second-order valence-electron chi connectivity index (χ2n) is 4.64. The zero-order valence-electron chi connectivity index (χ0n) is 12.7. The van der Waals surface area contributed by atoms with Crippen LogP contribution in [-0.2, 0) is 0 Å². The highest BCUT2D eigenvalue weighted by atomic mass is 79.9. The summed E-state index contributed by atoms with van der Waals surface area (Å²) < 4.78 is 11.8. The topological polar surface area (TPSA) is 30.5 Å². The van der Waals surface area contributed by atoms with E-state index in [1.165, 1.54) is 9.75 Å². The van der Waals surface area contributed by atoms with Gasteiger partial charge in [-0.15, -0.1) is 11.3 Å². The predicted molar refractivity (Wildman–Crippen MR) is 91.8 cm³/mol.